The van der Waals surface area contributed by atoms with Crippen molar-refractivity contribution in [3.8, 4) is 11.4 Å². The van der Waals surface area contributed by atoms with E-state index in [0.29, 0.717) is 12.3 Å². The molecule has 0 aliphatic heterocycles. The molecule has 3 rings (SSSR count). The zero-order valence-electron chi connectivity index (χ0n) is 10.9. The highest BCUT2D eigenvalue weighted by molar-refractivity contribution is 5.88. The van der Waals surface area contributed by atoms with Gasteiger partial charge in [0.05, 0.1) is 18.0 Å². The van der Waals surface area contributed by atoms with Crippen molar-refractivity contribution < 1.29 is 9.53 Å². The van der Waals surface area contributed by atoms with Gasteiger partial charge in [0.15, 0.2) is 11.3 Å². The molecule has 0 bridgehead atoms. The summed E-state index contributed by atoms with van der Waals surface area (Å²) in [6.07, 6.45) is 3.37. The van der Waals surface area contributed by atoms with E-state index in [1.54, 1.807) is 36.0 Å². The molecule has 20 heavy (non-hydrogen) atoms. The van der Waals surface area contributed by atoms with Crippen molar-refractivity contribution in [2.24, 2.45) is 0 Å². The van der Waals surface area contributed by atoms with Gasteiger partial charge in [-0.3, -0.25) is 4.98 Å². The van der Waals surface area contributed by atoms with Gasteiger partial charge in [0.2, 0.25) is 0 Å². The van der Waals surface area contributed by atoms with E-state index in [-0.39, 0.29) is 5.69 Å². The van der Waals surface area contributed by atoms with Crippen LogP contribution in [0.2, 0.25) is 0 Å². The van der Waals surface area contributed by atoms with E-state index in [9.17, 15) is 4.79 Å². The average molecular weight is 268 g/mol. The Balaban J connectivity index is 2.13. The zero-order chi connectivity index (χ0) is 13.9. The van der Waals surface area contributed by atoms with Gasteiger partial charge < -0.3 is 4.74 Å². The van der Waals surface area contributed by atoms with E-state index < -0.39 is 5.97 Å². The van der Waals surface area contributed by atoms with E-state index in [1.807, 2.05) is 18.2 Å². The Kier molecular flexibility index (Phi) is 3.12. The van der Waals surface area contributed by atoms with Gasteiger partial charge in [0.1, 0.15) is 0 Å². The molecule has 0 spiro atoms. The number of rotatable bonds is 3. The van der Waals surface area contributed by atoms with Crippen LogP contribution in [0.1, 0.15) is 17.4 Å². The maximum absolute atomic E-state index is 11.7. The van der Waals surface area contributed by atoms with Crippen LogP contribution in [-0.2, 0) is 4.74 Å². The van der Waals surface area contributed by atoms with Crippen molar-refractivity contribution in [2.75, 3.05) is 6.61 Å². The van der Waals surface area contributed by atoms with Crippen LogP contribution in [0.5, 0.6) is 0 Å². The molecule has 100 valence electrons. The molecule has 3 aromatic rings. The normalized spacial score (nSPS) is 10.7. The summed E-state index contributed by atoms with van der Waals surface area (Å²) in [7, 11) is 0. The van der Waals surface area contributed by atoms with Crippen molar-refractivity contribution in [3.05, 3.63) is 48.4 Å². The number of nitrogens with zero attached hydrogens (tertiary/aromatic N) is 4. The zero-order valence-corrected chi connectivity index (χ0v) is 10.9. The van der Waals surface area contributed by atoms with Gasteiger partial charge in [-0.2, -0.15) is 5.10 Å². The van der Waals surface area contributed by atoms with E-state index in [4.69, 9.17) is 4.74 Å². The Morgan fingerprint density at radius 2 is 2.15 bits per heavy atom. The number of carbonyl (C=O) groups is 1. The Bertz CT molecular complexity index is 752. The molecule has 0 aliphatic carbocycles. The quantitative estimate of drug-likeness (QED) is 0.679. The Labute approximate surface area is 115 Å². The summed E-state index contributed by atoms with van der Waals surface area (Å²) in [4.78, 5) is 20.2. The fraction of sp³-hybridized carbons (Fsp3) is 0.143. The van der Waals surface area contributed by atoms with E-state index >= 15 is 0 Å². The molecule has 0 saturated carbocycles. The second kappa shape index (κ2) is 5.08. The third kappa shape index (κ3) is 2.11. The fourth-order valence-electron chi connectivity index (χ4n) is 1.91. The summed E-state index contributed by atoms with van der Waals surface area (Å²) in [5.41, 5.74) is 2.35. The molecule has 0 aliphatic rings. The molecule has 0 radical (unpaired) electrons. The minimum Gasteiger partial charge on any atom is -0.461 e. The van der Waals surface area contributed by atoms with Gasteiger partial charge >= 0.3 is 5.97 Å². The molecule has 6 heteroatoms. The summed E-state index contributed by atoms with van der Waals surface area (Å²) in [5, 5.41) is 4.25. The molecule has 0 saturated heterocycles. The van der Waals surface area contributed by atoms with Gasteiger partial charge in [-0.15, -0.1) is 0 Å². The van der Waals surface area contributed by atoms with Crippen LogP contribution in [0, 0.1) is 0 Å². The second-order valence-corrected chi connectivity index (χ2v) is 4.07. The molecule has 6 nitrogen and oxygen atoms in total. The largest absolute Gasteiger partial charge is 0.461 e. The van der Waals surface area contributed by atoms with Crippen LogP contribution in [0.25, 0.3) is 17.0 Å². The highest BCUT2D eigenvalue weighted by atomic mass is 16.5. The predicted molar refractivity (Wildman–Crippen MR) is 72.2 cm³/mol. The maximum Gasteiger partial charge on any atom is 0.358 e. The molecule has 3 heterocycles. The lowest BCUT2D eigenvalue weighted by Crippen LogP contribution is -2.06. The number of esters is 1. The molecule has 0 N–H and O–H groups in total. The molecule has 3 aromatic heterocycles. The highest BCUT2D eigenvalue weighted by Crippen LogP contribution is 2.17. The Morgan fingerprint density at radius 1 is 1.25 bits per heavy atom. The number of hydrogen-bond donors (Lipinski definition) is 0. The van der Waals surface area contributed by atoms with Crippen LogP contribution < -0.4 is 0 Å². The molecule has 0 fully saturated rings. The summed E-state index contributed by atoms with van der Waals surface area (Å²) in [6, 6.07) is 9.02. The summed E-state index contributed by atoms with van der Waals surface area (Å²) in [5.74, 6) is -0.454. The minimum absolute atomic E-state index is 0.239. The van der Waals surface area contributed by atoms with Gasteiger partial charge in [-0.25, -0.2) is 14.3 Å². The van der Waals surface area contributed by atoms with Crippen molar-refractivity contribution in [1.82, 2.24) is 19.6 Å². The first-order valence-corrected chi connectivity index (χ1v) is 6.23. The van der Waals surface area contributed by atoms with Crippen LogP contribution in [-0.4, -0.2) is 32.2 Å². The molecular formula is C14H12N4O2. The maximum atomic E-state index is 11.7. The Hall–Kier alpha value is -2.76. The molecule has 0 aromatic carbocycles. The number of aromatic nitrogens is 4. The highest BCUT2D eigenvalue weighted by Gasteiger charge is 2.14. The SMILES string of the molecule is CCOC(=O)c1cc2nccc(-c3ccccn3)n2n1. The van der Waals surface area contributed by atoms with Crippen molar-refractivity contribution in [2.45, 2.75) is 6.92 Å². The molecule has 0 unspecified atom stereocenters. The fourth-order valence-corrected chi connectivity index (χ4v) is 1.91. The van der Waals surface area contributed by atoms with Crippen molar-refractivity contribution in [1.29, 1.82) is 0 Å². The summed E-state index contributed by atoms with van der Waals surface area (Å²) >= 11 is 0. The lowest BCUT2D eigenvalue weighted by Gasteiger charge is -2.02. The first-order chi connectivity index (χ1) is 9.79. The Morgan fingerprint density at radius 3 is 2.90 bits per heavy atom. The number of carbonyl (C=O) groups excluding carboxylic acids is 1. The first kappa shape index (κ1) is 12.3. The smallest absolute Gasteiger partial charge is 0.358 e. The van der Waals surface area contributed by atoms with Crippen molar-refractivity contribution in [3.63, 3.8) is 0 Å². The number of hydrogen-bond acceptors (Lipinski definition) is 5. The number of pyridine rings is 1. The van der Waals surface area contributed by atoms with Gasteiger partial charge in [0.25, 0.3) is 0 Å². The predicted octanol–water partition coefficient (Wildman–Crippen LogP) is 1.97. The van der Waals surface area contributed by atoms with E-state index in [0.717, 1.165) is 11.4 Å². The topological polar surface area (TPSA) is 69.4 Å². The molecular weight excluding hydrogens is 256 g/mol. The second-order valence-electron chi connectivity index (χ2n) is 4.07. The van der Waals surface area contributed by atoms with Crippen molar-refractivity contribution >= 4 is 11.6 Å². The number of ether oxygens (including phenoxy) is 1. The molecule has 0 atom stereocenters. The summed E-state index contributed by atoms with van der Waals surface area (Å²) in [6.45, 7) is 2.07. The van der Waals surface area contributed by atoms with Gasteiger partial charge in [-0.1, -0.05) is 6.07 Å². The first-order valence-electron chi connectivity index (χ1n) is 6.23. The van der Waals surface area contributed by atoms with E-state index in [2.05, 4.69) is 15.1 Å². The lowest BCUT2D eigenvalue weighted by atomic mass is 10.2. The monoisotopic (exact) mass is 268 g/mol. The lowest BCUT2D eigenvalue weighted by molar-refractivity contribution is 0.0519. The van der Waals surface area contributed by atoms with Crippen LogP contribution in [0.4, 0.5) is 0 Å². The minimum atomic E-state index is -0.454. The third-order valence-electron chi connectivity index (χ3n) is 2.77. The third-order valence-corrected chi connectivity index (χ3v) is 2.77. The van der Waals surface area contributed by atoms with Crippen LogP contribution in [0.15, 0.2) is 42.7 Å². The number of fused-ring (bicyclic) bond motifs is 1. The average Bonchev–Trinajstić information content (AvgIpc) is 2.92. The van der Waals surface area contributed by atoms with Gasteiger partial charge in [0, 0.05) is 18.5 Å². The molecule has 0 amide bonds. The summed E-state index contributed by atoms with van der Waals surface area (Å²) < 4.78 is 6.54. The van der Waals surface area contributed by atoms with Crippen LogP contribution in [0.3, 0.4) is 0 Å². The van der Waals surface area contributed by atoms with Crippen LogP contribution >= 0.6 is 0 Å². The van der Waals surface area contributed by atoms with Gasteiger partial charge in [-0.05, 0) is 25.1 Å². The van der Waals surface area contributed by atoms with E-state index in [1.165, 1.54) is 0 Å². The standard InChI is InChI=1S/C14H12N4O2/c1-2-20-14(19)11-9-13-16-8-6-12(18(13)17-11)10-5-3-4-7-15-10/h3-9H,2H2,1H3.